The van der Waals surface area contributed by atoms with E-state index in [9.17, 15) is 5.11 Å². The molecule has 2 fully saturated rings. The van der Waals surface area contributed by atoms with Crippen molar-refractivity contribution in [2.75, 3.05) is 19.7 Å². The van der Waals surface area contributed by atoms with E-state index in [0.717, 1.165) is 45.4 Å². The van der Waals surface area contributed by atoms with Crippen molar-refractivity contribution in [2.24, 2.45) is 5.92 Å². The van der Waals surface area contributed by atoms with E-state index in [-0.39, 0.29) is 12.2 Å². The van der Waals surface area contributed by atoms with Crippen molar-refractivity contribution in [1.82, 2.24) is 5.32 Å². The van der Waals surface area contributed by atoms with Crippen LogP contribution < -0.4 is 5.32 Å². The van der Waals surface area contributed by atoms with Gasteiger partial charge in [0.05, 0.1) is 12.2 Å². The minimum absolute atomic E-state index is 0.121. The van der Waals surface area contributed by atoms with Crippen molar-refractivity contribution in [1.29, 1.82) is 0 Å². The van der Waals surface area contributed by atoms with Gasteiger partial charge in [0.1, 0.15) is 0 Å². The highest BCUT2D eigenvalue weighted by molar-refractivity contribution is 4.83. The zero-order chi connectivity index (χ0) is 9.10. The van der Waals surface area contributed by atoms with Crippen LogP contribution in [0.15, 0.2) is 0 Å². The second-order valence-electron chi connectivity index (χ2n) is 4.13. The molecule has 2 saturated heterocycles. The van der Waals surface area contributed by atoms with Crippen LogP contribution in [0.4, 0.5) is 0 Å². The molecule has 0 aromatic heterocycles. The van der Waals surface area contributed by atoms with Gasteiger partial charge in [0.25, 0.3) is 0 Å². The van der Waals surface area contributed by atoms with Crippen LogP contribution in [0.5, 0.6) is 0 Å². The molecule has 0 aromatic rings. The summed E-state index contributed by atoms with van der Waals surface area (Å²) in [6.07, 6.45) is 4.16. The Kier molecular flexibility index (Phi) is 3.19. The van der Waals surface area contributed by atoms with E-state index < -0.39 is 0 Å². The quantitative estimate of drug-likeness (QED) is 0.626. The second-order valence-corrected chi connectivity index (χ2v) is 4.13. The first-order valence-electron chi connectivity index (χ1n) is 5.38. The predicted octanol–water partition coefficient (Wildman–Crippen LogP) is 0.526. The van der Waals surface area contributed by atoms with Gasteiger partial charge in [-0.25, -0.2) is 0 Å². The first-order chi connectivity index (χ1) is 6.38. The topological polar surface area (TPSA) is 41.5 Å². The summed E-state index contributed by atoms with van der Waals surface area (Å²) in [4.78, 5) is 0. The zero-order valence-electron chi connectivity index (χ0n) is 8.04. The summed E-state index contributed by atoms with van der Waals surface area (Å²) in [5.74, 6) is 0.580. The maximum absolute atomic E-state index is 9.78. The molecule has 2 heterocycles. The highest BCUT2D eigenvalue weighted by atomic mass is 16.5. The highest BCUT2D eigenvalue weighted by Crippen LogP contribution is 2.26. The van der Waals surface area contributed by atoms with Crippen molar-refractivity contribution in [3.05, 3.63) is 0 Å². The lowest BCUT2D eigenvalue weighted by Gasteiger charge is -2.36. The van der Waals surface area contributed by atoms with E-state index in [0.29, 0.717) is 5.92 Å². The van der Waals surface area contributed by atoms with E-state index in [1.165, 1.54) is 0 Å². The maximum atomic E-state index is 9.78. The number of piperidine rings is 1. The molecule has 76 valence electrons. The zero-order valence-corrected chi connectivity index (χ0v) is 8.04. The third-order valence-corrected chi connectivity index (χ3v) is 3.18. The van der Waals surface area contributed by atoms with Gasteiger partial charge in [-0.1, -0.05) is 0 Å². The molecule has 13 heavy (non-hydrogen) atoms. The Morgan fingerprint density at radius 1 is 1.15 bits per heavy atom. The van der Waals surface area contributed by atoms with Gasteiger partial charge in [-0.3, -0.25) is 0 Å². The number of hydrogen-bond donors (Lipinski definition) is 2. The summed E-state index contributed by atoms with van der Waals surface area (Å²) < 4.78 is 5.65. The van der Waals surface area contributed by atoms with Gasteiger partial charge in [-0.05, 0) is 44.7 Å². The van der Waals surface area contributed by atoms with Crippen LogP contribution in [-0.4, -0.2) is 37.0 Å². The molecule has 0 unspecified atom stereocenters. The summed E-state index contributed by atoms with van der Waals surface area (Å²) in [7, 11) is 0. The molecule has 3 nitrogen and oxygen atoms in total. The molecule has 2 rings (SSSR count). The highest BCUT2D eigenvalue weighted by Gasteiger charge is 2.32. The van der Waals surface area contributed by atoms with Crippen LogP contribution >= 0.6 is 0 Å². The summed E-state index contributed by atoms with van der Waals surface area (Å²) >= 11 is 0. The van der Waals surface area contributed by atoms with Gasteiger partial charge in [0, 0.05) is 6.61 Å². The lowest BCUT2D eigenvalue weighted by atomic mass is 9.86. The molecule has 0 spiro atoms. The van der Waals surface area contributed by atoms with Gasteiger partial charge >= 0.3 is 0 Å². The van der Waals surface area contributed by atoms with Crippen molar-refractivity contribution in [3.8, 4) is 0 Å². The van der Waals surface area contributed by atoms with E-state index in [2.05, 4.69) is 5.32 Å². The molecule has 2 aliphatic rings. The number of ether oxygens (including phenoxy) is 1. The Bertz CT molecular complexity index is 157. The Morgan fingerprint density at radius 2 is 1.92 bits per heavy atom. The number of aliphatic hydroxyl groups is 1. The molecule has 0 saturated carbocycles. The molecular formula is C10H19NO2. The normalized spacial score (nSPS) is 37.6. The van der Waals surface area contributed by atoms with Crippen LogP contribution in [0.3, 0.4) is 0 Å². The van der Waals surface area contributed by atoms with Crippen LogP contribution in [0.1, 0.15) is 25.7 Å². The number of nitrogens with one attached hydrogen (secondary N) is 1. The molecular weight excluding hydrogens is 166 g/mol. The summed E-state index contributed by atoms with van der Waals surface area (Å²) in [5, 5.41) is 13.1. The first-order valence-corrected chi connectivity index (χ1v) is 5.38. The monoisotopic (exact) mass is 185 g/mol. The largest absolute Gasteiger partial charge is 0.390 e. The van der Waals surface area contributed by atoms with Crippen molar-refractivity contribution in [2.45, 2.75) is 37.9 Å². The van der Waals surface area contributed by atoms with Gasteiger partial charge in [-0.2, -0.15) is 0 Å². The maximum Gasteiger partial charge on any atom is 0.0862 e. The van der Waals surface area contributed by atoms with Crippen molar-refractivity contribution < 1.29 is 9.84 Å². The van der Waals surface area contributed by atoms with Gasteiger partial charge in [0.2, 0.25) is 0 Å². The third-order valence-electron chi connectivity index (χ3n) is 3.18. The molecule has 0 radical (unpaired) electrons. The van der Waals surface area contributed by atoms with E-state index >= 15 is 0 Å². The fourth-order valence-corrected chi connectivity index (χ4v) is 2.41. The van der Waals surface area contributed by atoms with Gasteiger partial charge in [0.15, 0.2) is 0 Å². The minimum atomic E-state index is -0.211. The second kappa shape index (κ2) is 4.40. The average molecular weight is 185 g/mol. The molecule has 2 atom stereocenters. The minimum Gasteiger partial charge on any atom is -0.390 e. The van der Waals surface area contributed by atoms with Crippen LogP contribution in [-0.2, 0) is 4.74 Å². The first kappa shape index (κ1) is 9.44. The van der Waals surface area contributed by atoms with Crippen LogP contribution in [0.25, 0.3) is 0 Å². The fraction of sp³-hybridized carbons (Fsp3) is 1.00. The molecule has 2 N–H and O–H groups in total. The van der Waals surface area contributed by atoms with E-state index in [1.54, 1.807) is 0 Å². The number of hydrogen-bond acceptors (Lipinski definition) is 3. The van der Waals surface area contributed by atoms with Gasteiger partial charge in [-0.15, -0.1) is 0 Å². The summed E-state index contributed by atoms with van der Waals surface area (Å²) in [6, 6.07) is 0. The molecule has 3 heteroatoms. The predicted molar refractivity (Wildman–Crippen MR) is 50.6 cm³/mol. The lowest BCUT2D eigenvalue weighted by molar-refractivity contribution is -0.106. The standard InChI is InChI=1S/C10H19NO2/c12-9-2-1-7-13-10(9)8-3-5-11-6-4-8/h8-12H,1-7H2/t9-,10+/m1/s1. The molecule has 0 amide bonds. The van der Waals surface area contributed by atoms with E-state index in [1.807, 2.05) is 0 Å². The fourth-order valence-electron chi connectivity index (χ4n) is 2.41. The molecule has 2 aliphatic heterocycles. The Morgan fingerprint density at radius 3 is 2.62 bits per heavy atom. The molecule has 0 aliphatic carbocycles. The Labute approximate surface area is 79.5 Å². The molecule has 0 bridgehead atoms. The smallest absolute Gasteiger partial charge is 0.0862 e. The lowest BCUT2D eigenvalue weighted by Crippen LogP contribution is -2.44. The SMILES string of the molecule is O[C@@H]1CCCO[C@H]1C1CCNCC1. The van der Waals surface area contributed by atoms with Crippen molar-refractivity contribution in [3.63, 3.8) is 0 Å². The van der Waals surface area contributed by atoms with Crippen molar-refractivity contribution >= 4 is 0 Å². The van der Waals surface area contributed by atoms with Crippen LogP contribution in [0.2, 0.25) is 0 Å². The number of aliphatic hydroxyl groups excluding tert-OH is 1. The average Bonchev–Trinajstić information content (AvgIpc) is 2.20. The molecule has 0 aromatic carbocycles. The van der Waals surface area contributed by atoms with Gasteiger partial charge < -0.3 is 15.2 Å². The Hall–Kier alpha value is -0.120. The van der Waals surface area contributed by atoms with Crippen LogP contribution in [0, 0.1) is 5.92 Å². The van der Waals surface area contributed by atoms with E-state index in [4.69, 9.17) is 4.74 Å². The Balaban J connectivity index is 1.88. The number of rotatable bonds is 1. The summed E-state index contributed by atoms with van der Waals surface area (Å²) in [6.45, 7) is 3.00. The third kappa shape index (κ3) is 2.22. The summed E-state index contributed by atoms with van der Waals surface area (Å²) in [5.41, 5.74) is 0.